The van der Waals surface area contributed by atoms with Gasteiger partial charge in [0.1, 0.15) is 0 Å². The van der Waals surface area contributed by atoms with Gasteiger partial charge in [0, 0.05) is 59.3 Å². The fourth-order valence-electron chi connectivity index (χ4n) is 3.11. The van der Waals surface area contributed by atoms with Crippen LogP contribution in [0.4, 0.5) is 0 Å². The molecule has 0 unspecified atom stereocenters. The second-order valence-electron chi connectivity index (χ2n) is 6.34. The van der Waals surface area contributed by atoms with Crippen molar-refractivity contribution in [3.63, 3.8) is 0 Å². The highest BCUT2D eigenvalue weighted by Crippen LogP contribution is 2.32. The number of carbonyl (C=O) groups is 1. The van der Waals surface area contributed by atoms with Crippen LogP contribution >= 0.6 is 0 Å². The molecule has 138 valence electrons. The SMILES string of the molecule is COCCNCCC(=O)N1CCN(Cc2ccc3c(c2)OCO3)CC1. The third-order valence-electron chi connectivity index (χ3n) is 4.57. The topological polar surface area (TPSA) is 63.3 Å². The average molecular weight is 349 g/mol. The van der Waals surface area contributed by atoms with Crippen LogP contribution in [0.1, 0.15) is 12.0 Å². The molecule has 0 radical (unpaired) electrons. The van der Waals surface area contributed by atoms with Crippen molar-refractivity contribution < 1.29 is 19.0 Å². The summed E-state index contributed by atoms with van der Waals surface area (Å²) < 4.78 is 15.7. The summed E-state index contributed by atoms with van der Waals surface area (Å²) in [5, 5.41) is 3.21. The van der Waals surface area contributed by atoms with Gasteiger partial charge in [-0.05, 0) is 17.7 Å². The molecule has 1 N–H and O–H groups in total. The van der Waals surface area contributed by atoms with Crippen LogP contribution in [0.2, 0.25) is 0 Å². The molecule has 7 heteroatoms. The Labute approximate surface area is 148 Å². The van der Waals surface area contributed by atoms with Crippen LogP contribution < -0.4 is 14.8 Å². The number of benzene rings is 1. The molecule has 1 amide bonds. The molecule has 2 heterocycles. The van der Waals surface area contributed by atoms with Crippen molar-refractivity contribution in [3.05, 3.63) is 23.8 Å². The molecule has 2 aliphatic heterocycles. The van der Waals surface area contributed by atoms with Gasteiger partial charge in [-0.2, -0.15) is 0 Å². The highest BCUT2D eigenvalue weighted by Gasteiger charge is 2.21. The van der Waals surface area contributed by atoms with Crippen LogP contribution in [0, 0.1) is 0 Å². The first-order valence-corrected chi connectivity index (χ1v) is 8.84. The van der Waals surface area contributed by atoms with Crippen LogP contribution in [0.5, 0.6) is 11.5 Å². The molecule has 1 saturated heterocycles. The van der Waals surface area contributed by atoms with Gasteiger partial charge in [0.05, 0.1) is 6.61 Å². The van der Waals surface area contributed by atoms with Crippen LogP contribution in [0.25, 0.3) is 0 Å². The van der Waals surface area contributed by atoms with Gasteiger partial charge in [-0.3, -0.25) is 9.69 Å². The monoisotopic (exact) mass is 349 g/mol. The molecule has 0 aliphatic carbocycles. The van der Waals surface area contributed by atoms with E-state index in [0.29, 0.717) is 26.4 Å². The van der Waals surface area contributed by atoms with Gasteiger partial charge >= 0.3 is 0 Å². The quantitative estimate of drug-likeness (QED) is 0.697. The first kappa shape index (κ1) is 18.0. The summed E-state index contributed by atoms with van der Waals surface area (Å²) in [4.78, 5) is 16.6. The number of carbonyl (C=O) groups excluding carboxylic acids is 1. The maximum Gasteiger partial charge on any atom is 0.231 e. The fourth-order valence-corrected chi connectivity index (χ4v) is 3.11. The predicted molar refractivity (Wildman–Crippen MR) is 93.8 cm³/mol. The third kappa shape index (κ3) is 5.07. The van der Waals surface area contributed by atoms with Gasteiger partial charge < -0.3 is 24.4 Å². The van der Waals surface area contributed by atoms with Crippen LogP contribution in [0.15, 0.2) is 18.2 Å². The van der Waals surface area contributed by atoms with E-state index in [0.717, 1.165) is 50.8 Å². The zero-order chi connectivity index (χ0) is 17.5. The maximum atomic E-state index is 12.2. The Balaban J connectivity index is 1.37. The molecule has 1 aromatic rings. The Morgan fingerprint density at radius 3 is 2.76 bits per heavy atom. The molecule has 25 heavy (non-hydrogen) atoms. The van der Waals surface area contributed by atoms with Gasteiger partial charge in [-0.1, -0.05) is 6.07 Å². The minimum absolute atomic E-state index is 0.229. The van der Waals surface area contributed by atoms with Gasteiger partial charge in [0.25, 0.3) is 0 Å². The number of methoxy groups -OCH3 is 1. The first-order chi connectivity index (χ1) is 12.3. The molecule has 0 atom stereocenters. The van der Waals surface area contributed by atoms with E-state index in [1.54, 1.807) is 7.11 Å². The summed E-state index contributed by atoms with van der Waals surface area (Å²) in [6.45, 7) is 6.73. The molecular weight excluding hydrogens is 322 g/mol. The Kier molecular flexibility index (Phi) is 6.49. The normalized spacial score (nSPS) is 17.1. The van der Waals surface area contributed by atoms with E-state index in [1.165, 1.54) is 5.56 Å². The zero-order valence-electron chi connectivity index (χ0n) is 14.8. The van der Waals surface area contributed by atoms with Gasteiger partial charge in [-0.15, -0.1) is 0 Å². The first-order valence-electron chi connectivity index (χ1n) is 8.84. The van der Waals surface area contributed by atoms with Crippen LogP contribution in [0.3, 0.4) is 0 Å². The number of ether oxygens (including phenoxy) is 3. The Morgan fingerprint density at radius 1 is 1.16 bits per heavy atom. The highest BCUT2D eigenvalue weighted by molar-refractivity contribution is 5.76. The van der Waals surface area contributed by atoms with Crippen molar-refractivity contribution >= 4 is 5.91 Å². The largest absolute Gasteiger partial charge is 0.454 e. The molecule has 1 aromatic carbocycles. The summed E-state index contributed by atoms with van der Waals surface area (Å²) in [7, 11) is 1.68. The smallest absolute Gasteiger partial charge is 0.231 e. The zero-order valence-corrected chi connectivity index (χ0v) is 14.8. The molecule has 2 aliphatic rings. The van der Waals surface area contributed by atoms with Gasteiger partial charge in [-0.25, -0.2) is 0 Å². The number of rotatable bonds is 8. The van der Waals surface area contributed by atoms with E-state index in [1.807, 2.05) is 17.0 Å². The van der Waals surface area contributed by atoms with E-state index >= 15 is 0 Å². The number of piperazine rings is 1. The summed E-state index contributed by atoms with van der Waals surface area (Å²) in [5.41, 5.74) is 1.21. The summed E-state index contributed by atoms with van der Waals surface area (Å²) in [5.74, 6) is 1.87. The molecular formula is C18H27N3O4. The summed E-state index contributed by atoms with van der Waals surface area (Å²) in [6.07, 6.45) is 0.547. The molecule has 0 spiro atoms. The van der Waals surface area contributed by atoms with Crippen molar-refractivity contribution in [2.24, 2.45) is 0 Å². The van der Waals surface area contributed by atoms with Crippen molar-refractivity contribution in [2.45, 2.75) is 13.0 Å². The van der Waals surface area contributed by atoms with E-state index < -0.39 is 0 Å². The second-order valence-corrected chi connectivity index (χ2v) is 6.34. The Hall–Kier alpha value is -1.83. The maximum absolute atomic E-state index is 12.2. The number of hydrogen-bond acceptors (Lipinski definition) is 6. The Morgan fingerprint density at radius 2 is 1.96 bits per heavy atom. The van der Waals surface area contributed by atoms with Crippen molar-refractivity contribution in [1.82, 2.24) is 15.1 Å². The summed E-state index contributed by atoms with van der Waals surface area (Å²) in [6, 6.07) is 6.09. The average Bonchev–Trinajstić information content (AvgIpc) is 3.10. The number of amides is 1. The summed E-state index contributed by atoms with van der Waals surface area (Å²) >= 11 is 0. The highest BCUT2D eigenvalue weighted by atomic mass is 16.7. The van der Waals surface area contributed by atoms with E-state index in [2.05, 4.69) is 16.3 Å². The molecule has 7 nitrogen and oxygen atoms in total. The van der Waals surface area contributed by atoms with E-state index in [9.17, 15) is 4.79 Å². The standard InChI is InChI=1S/C18H27N3O4/c1-23-11-6-19-5-4-18(22)21-9-7-20(8-10-21)13-15-2-3-16-17(12-15)25-14-24-16/h2-3,12,19H,4-11,13-14H2,1H3. The number of fused-ring (bicyclic) bond motifs is 1. The molecule has 0 bridgehead atoms. The lowest BCUT2D eigenvalue weighted by molar-refractivity contribution is -0.132. The fraction of sp³-hybridized carbons (Fsp3) is 0.611. The van der Waals surface area contributed by atoms with Crippen molar-refractivity contribution in [3.8, 4) is 11.5 Å². The lowest BCUT2D eigenvalue weighted by Gasteiger charge is -2.34. The minimum Gasteiger partial charge on any atom is -0.454 e. The minimum atomic E-state index is 0.229. The van der Waals surface area contributed by atoms with E-state index in [4.69, 9.17) is 14.2 Å². The number of nitrogens with zero attached hydrogens (tertiary/aromatic N) is 2. The molecule has 0 saturated carbocycles. The molecule has 0 aromatic heterocycles. The predicted octanol–water partition coefficient (Wildman–Crippen LogP) is 0.686. The Bertz CT molecular complexity index is 573. The molecule has 3 rings (SSSR count). The second kappa shape index (κ2) is 9.03. The van der Waals surface area contributed by atoms with Gasteiger partial charge in [0.15, 0.2) is 11.5 Å². The lowest BCUT2D eigenvalue weighted by atomic mass is 10.1. The number of nitrogens with one attached hydrogen (secondary N) is 1. The van der Waals surface area contributed by atoms with Crippen LogP contribution in [-0.2, 0) is 16.1 Å². The van der Waals surface area contributed by atoms with Crippen LogP contribution in [-0.4, -0.2) is 75.5 Å². The number of hydrogen-bond donors (Lipinski definition) is 1. The lowest BCUT2D eigenvalue weighted by Crippen LogP contribution is -2.48. The third-order valence-corrected chi connectivity index (χ3v) is 4.57. The van der Waals surface area contributed by atoms with Gasteiger partial charge in [0.2, 0.25) is 12.7 Å². The van der Waals surface area contributed by atoms with Crippen molar-refractivity contribution in [1.29, 1.82) is 0 Å². The van der Waals surface area contributed by atoms with E-state index in [-0.39, 0.29) is 5.91 Å². The molecule has 1 fully saturated rings. The van der Waals surface area contributed by atoms with Crippen molar-refractivity contribution in [2.75, 3.05) is 59.8 Å².